The molecular weight excluding hydrogens is 314 g/mol. The Balaban J connectivity index is 2.16. The minimum atomic E-state index is -0.751. The van der Waals surface area contributed by atoms with Gasteiger partial charge in [0.1, 0.15) is 5.76 Å². The van der Waals surface area contributed by atoms with E-state index in [0.29, 0.717) is 10.6 Å². The van der Waals surface area contributed by atoms with E-state index >= 15 is 0 Å². The van der Waals surface area contributed by atoms with Gasteiger partial charge in [-0.15, -0.1) is 0 Å². The van der Waals surface area contributed by atoms with Gasteiger partial charge in [0.2, 0.25) is 0 Å². The van der Waals surface area contributed by atoms with Crippen molar-refractivity contribution in [3.8, 4) is 5.69 Å². The molecule has 1 aliphatic heterocycles. The first-order chi connectivity index (χ1) is 10.7. The van der Waals surface area contributed by atoms with Gasteiger partial charge in [0.25, 0.3) is 5.91 Å². The van der Waals surface area contributed by atoms with Crippen molar-refractivity contribution in [2.24, 2.45) is 0 Å². The third-order valence-corrected chi connectivity index (χ3v) is 4.26. The number of aromatic nitrogens is 2. The highest BCUT2D eigenvalue weighted by Gasteiger charge is 2.39. The third-order valence-electron chi connectivity index (χ3n) is 4.06. The van der Waals surface area contributed by atoms with Crippen molar-refractivity contribution in [3.63, 3.8) is 0 Å². The second-order valence-electron chi connectivity index (χ2n) is 6.36. The van der Waals surface area contributed by atoms with Gasteiger partial charge in [-0.3, -0.25) is 4.79 Å². The molecule has 0 radical (unpaired) electrons. The van der Waals surface area contributed by atoms with Crippen LogP contribution in [-0.4, -0.2) is 26.3 Å². The van der Waals surface area contributed by atoms with Gasteiger partial charge in [-0.25, -0.2) is 4.68 Å². The van der Waals surface area contributed by atoms with Crippen molar-refractivity contribution in [2.75, 3.05) is 0 Å². The minimum absolute atomic E-state index is 0.0728. The SMILES string of the molecule is Cc1cc(-n2cc(Cl)cn2)cc(C)c1C1=C(O)C(C)(C)NC1=O. The lowest BCUT2D eigenvalue weighted by Gasteiger charge is -2.17. The number of aliphatic hydroxyl groups excluding tert-OH is 1. The number of hydrogen-bond acceptors (Lipinski definition) is 3. The lowest BCUT2D eigenvalue weighted by atomic mass is 9.92. The fraction of sp³-hybridized carbons (Fsp3) is 0.294. The maximum atomic E-state index is 12.3. The van der Waals surface area contributed by atoms with Gasteiger partial charge in [-0.1, -0.05) is 11.6 Å². The first-order valence-electron chi connectivity index (χ1n) is 7.29. The number of amides is 1. The average molecular weight is 332 g/mol. The van der Waals surface area contributed by atoms with Crippen molar-refractivity contribution in [1.29, 1.82) is 0 Å². The molecule has 120 valence electrons. The molecule has 0 fully saturated rings. The van der Waals surface area contributed by atoms with Crippen LogP contribution in [-0.2, 0) is 4.79 Å². The predicted molar refractivity (Wildman–Crippen MR) is 89.8 cm³/mol. The van der Waals surface area contributed by atoms with Crippen LogP contribution < -0.4 is 5.32 Å². The Kier molecular flexibility index (Phi) is 3.48. The first kappa shape index (κ1) is 15.6. The summed E-state index contributed by atoms with van der Waals surface area (Å²) < 4.78 is 1.68. The summed E-state index contributed by atoms with van der Waals surface area (Å²) in [4.78, 5) is 12.3. The fourth-order valence-electron chi connectivity index (χ4n) is 2.97. The first-order valence-corrected chi connectivity index (χ1v) is 7.67. The molecule has 0 aliphatic carbocycles. The van der Waals surface area contributed by atoms with Crippen LogP contribution in [0.4, 0.5) is 0 Å². The van der Waals surface area contributed by atoms with E-state index in [2.05, 4.69) is 10.4 Å². The summed E-state index contributed by atoms with van der Waals surface area (Å²) in [5.74, 6) is -0.183. The van der Waals surface area contributed by atoms with Crippen LogP contribution in [0.2, 0.25) is 5.02 Å². The molecule has 0 spiro atoms. The number of aliphatic hydroxyl groups is 1. The van der Waals surface area contributed by atoms with E-state index in [1.807, 2.05) is 26.0 Å². The van der Waals surface area contributed by atoms with E-state index in [1.165, 1.54) is 0 Å². The molecule has 6 heteroatoms. The van der Waals surface area contributed by atoms with E-state index in [-0.39, 0.29) is 11.7 Å². The van der Waals surface area contributed by atoms with Crippen LogP contribution in [0.3, 0.4) is 0 Å². The molecule has 0 saturated carbocycles. The van der Waals surface area contributed by atoms with Crippen LogP contribution in [0.15, 0.2) is 30.3 Å². The molecule has 1 aromatic heterocycles. The van der Waals surface area contributed by atoms with Gasteiger partial charge in [-0.2, -0.15) is 5.10 Å². The van der Waals surface area contributed by atoms with Crippen LogP contribution in [0.25, 0.3) is 11.3 Å². The molecule has 0 bridgehead atoms. The zero-order valence-corrected chi connectivity index (χ0v) is 14.2. The smallest absolute Gasteiger partial charge is 0.256 e. The summed E-state index contributed by atoms with van der Waals surface area (Å²) in [6.07, 6.45) is 3.29. The molecule has 0 atom stereocenters. The summed E-state index contributed by atoms with van der Waals surface area (Å²) in [5, 5.41) is 18.0. The van der Waals surface area contributed by atoms with Crippen LogP contribution >= 0.6 is 11.6 Å². The fourth-order valence-corrected chi connectivity index (χ4v) is 3.10. The highest BCUT2D eigenvalue weighted by Crippen LogP contribution is 2.35. The predicted octanol–water partition coefficient (Wildman–Crippen LogP) is 3.32. The third kappa shape index (κ3) is 2.51. The Bertz CT molecular complexity index is 826. The number of carbonyl (C=O) groups excluding carboxylic acids is 1. The van der Waals surface area contributed by atoms with E-state index < -0.39 is 5.54 Å². The Hall–Kier alpha value is -2.27. The standard InChI is InChI=1S/C17H18ClN3O2/c1-9-5-12(21-8-11(18)7-19-21)6-10(2)13(9)14-15(22)17(3,4)20-16(14)23/h5-8,22H,1-4H3,(H,20,23). The van der Waals surface area contributed by atoms with Gasteiger partial charge >= 0.3 is 0 Å². The molecule has 2 aromatic rings. The molecule has 1 amide bonds. The van der Waals surface area contributed by atoms with Gasteiger partial charge in [0.05, 0.1) is 28.0 Å². The molecule has 1 aliphatic rings. The van der Waals surface area contributed by atoms with Crippen molar-refractivity contribution in [3.05, 3.63) is 52.0 Å². The zero-order valence-electron chi connectivity index (χ0n) is 13.4. The van der Waals surface area contributed by atoms with Crippen molar-refractivity contribution in [2.45, 2.75) is 33.2 Å². The number of aryl methyl sites for hydroxylation is 2. The minimum Gasteiger partial charge on any atom is -0.509 e. The van der Waals surface area contributed by atoms with E-state index in [1.54, 1.807) is 30.9 Å². The summed E-state index contributed by atoms with van der Waals surface area (Å²) in [5.41, 5.74) is 2.98. The zero-order chi connectivity index (χ0) is 16.9. The van der Waals surface area contributed by atoms with Gasteiger partial charge in [-0.05, 0) is 56.5 Å². The largest absolute Gasteiger partial charge is 0.509 e. The highest BCUT2D eigenvalue weighted by molar-refractivity contribution is 6.30. The van der Waals surface area contributed by atoms with Gasteiger partial charge in [0, 0.05) is 6.20 Å². The summed E-state index contributed by atoms with van der Waals surface area (Å²) in [7, 11) is 0. The molecule has 0 unspecified atom stereocenters. The van der Waals surface area contributed by atoms with Gasteiger partial charge in [0.15, 0.2) is 0 Å². The Labute approximate surface area is 139 Å². The topological polar surface area (TPSA) is 67.2 Å². The molecule has 2 N–H and O–H groups in total. The molecular formula is C17H18ClN3O2. The quantitative estimate of drug-likeness (QED) is 0.887. The van der Waals surface area contributed by atoms with E-state index in [4.69, 9.17) is 11.6 Å². The maximum absolute atomic E-state index is 12.3. The molecule has 1 aromatic carbocycles. The van der Waals surface area contributed by atoms with Crippen LogP contribution in [0, 0.1) is 13.8 Å². The van der Waals surface area contributed by atoms with E-state index in [0.717, 1.165) is 22.4 Å². The summed E-state index contributed by atoms with van der Waals surface area (Å²) >= 11 is 5.92. The molecule has 0 saturated heterocycles. The molecule has 5 nitrogen and oxygen atoms in total. The molecule has 2 heterocycles. The number of hydrogen-bond donors (Lipinski definition) is 2. The second-order valence-corrected chi connectivity index (χ2v) is 6.80. The number of nitrogens with one attached hydrogen (secondary N) is 1. The summed E-state index contributed by atoms with van der Waals surface area (Å²) in [6, 6.07) is 3.84. The number of carbonyl (C=O) groups is 1. The maximum Gasteiger partial charge on any atom is 0.256 e. The number of halogens is 1. The van der Waals surface area contributed by atoms with Crippen molar-refractivity contribution >= 4 is 23.1 Å². The second kappa shape index (κ2) is 5.13. The van der Waals surface area contributed by atoms with Crippen molar-refractivity contribution in [1.82, 2.24) is 15.1 Å². The normalized spacial score (nSPS) is 16.8. The average Bonchev–Trinajstić information content (AvgIpc) is 2.94. The number of rotatable bonds is 2. The Morgan fingerprint density at radius 3 is 2.30 bits per heavy atom. The summed E-state index contributed by atoms with van der Waals surface area (Å²) in [6.45, 7) is 7.38. The molecule has 23 heavy (non-hydrogen) atoms. The Morgan fingerprint density at radius 1 is 1.26 bits per heavy atom. The van der Waals surface area contributed by atoms with Gasteiger partial charge < -0.3 is 10.4 Å². The number of nitrogens with zero attached hydrogens (tertiary/aromatic N) is 2. The Morgan fingerprint density at radius 2 is 1.87 bits per heavy atom. The number of benzene rings is 1. The van der Waals surface area contributed by atoms with E-state index in [9.17, 15) is 9.90 Å². The van der Waals surface area contributed by atoms with Crippen LogP contribution in [0.5, 0.6) is 0 Å². The lowest BCUT2D eigenvalue weighted by Crippen LogP contribution is -2.38. The highest BCUT2D eigenvalue weighted by atomic mass is 35.5. The lowest BCUT2D eigenvalue weighted by molar-refractivity contribution is -0.115. The van der Waals surface area contributed by atoms with Crippen molar-refractivity contribution < 1.29 is 9.90 Å². The molecule has 3 rings (SSSR count). The van der Waals surface area contributed by atoms with Crippen LogP contribution in [0.1, 0.15) is 30.5 Å². The monoisotopic (exact) mass is 331 g/mol.